The van der Waals surface area contributed by atoms with Gasteiger partial charge in [0.15, 0.2) is 0 Å². The summed E-state index contributed by atoms with van der Waals surface area (Å²) in [6, 6.07) is 0.676. The molecule has 0 aromatic rings. The monoisotopic (exact) mass is 227 g/mol. The Morgan fingerprint density at radius 1 is 1.19 bits per heavy atom. The molecule has 1 N–H and O–H groups in total. The molecule has 1 fully saturated rings. The fraction of sp³-hybridized carbons (Fsp3) is 1.00. The predicted molar refractivity (Wildman–Crippen MR) is 70.9 cm³/mol. The Kier molecular flexibility index (Phi) is 7.01. The highest BCUT2D eigenvalue weighted by Crippen LogP contribution is 2.01. The first kappa shape index (κ1) is 13.9. The second-order valence-corrected chi connectivity index (χ2v) is 5.12. The van der Waals surface area contributed by atoms with Crippen molar-refractivity contribution < 1.29 is 0 Å². The molecule has 16 heavy (non-hydrogen) atoms. The highest BCUT2D eigenvalue weighted by atomic mass is 15.2. The largest absolute Gasteiger partial charge is 0.314 e. The Morgan fingerprint density at radius 2 is 2.00 bits per heavy atom. The minimum Gasteiger partial charge on any atom is -0.314 e. The molecule has 1 aliphatic heterocycles. The zero-order valence-corrected chi connectivity index (χ0v) is 11.3. The van der Waals surface area contributed by atoms with E-state index in [1.165, 1.54) is 58.5 Å². The molecule has 1 unspecified atom stereocenters. The number of likely N-dealkylation sites (N-methyl/N-ethyl adjacent to an activating group) is 1. The van der Waals surface area contributed by atoms with E-state index in [0.29, 0.717) is 6.04 Å². The lowest BCUT2D eigenvalue weighted by Gasteiger charge is -2.20. The van der Waals surface area contributed by atoms with Crippen molar-refractivity contribution in [1.82, 2.24) is 15.1 Å². The topological polar surface area (TPSA) is 18.5 Å². The lowest BCUT2D eigenvalue weighted by molar-refractivity contribution is 0.271. The Balaban J connectivity index is 2.03. The van der Waals surface area contributed by atoms with Gasteiger partial charge in [-0.2, -0.15) is 0 Å². The smallest absolute Gasteiger partial charge is 0.0109 e. The van der Waals surface area contributed by atoms with Crippen LogP contribution in [0.3, 0.4) is 0 Å². The van der Waals surface area contributed by atoms with Crippen LogP contribution in [0.15, 0.2) is 0 Å². The Hall–Kier alpha value is -0.120. The maximum absolute atomic E-state index is 3.56. The van der Waals surface area contributed by atoms with Gasteiger partial charge in [-0.25, -0.2) is 0 Å². The minimum absolute atomic E-state index is 0.676. The Bertz CT molecular complexity index is 173. The number of nitrogens with one attached hydrogen (secondary N) is 1. The van der Waals surface area contributed by atoms with E-state index in [-0.39, 0.29) is 0 Å². The molecule has 96 valence electrons. The lowest BCUT2D eigenvalue weighted by atomic mass is 10.2. The van der Waals surface area contributed by atoms with Crippen LogP contribution in [0.1, 0.15) is 33.1 Å². The molecule has 1 rings (SSSR count). The van der Waals surface area contributed by atoms with Gasteiger partial charge in [0.2, 0.25) is 0 Å². The number of hydrogen-bond donors (Lipinski definition) is 1. The molecule has 0 aromatic heterocycles. The molecule has 1 atom stereocenters. The van der Waals surface area contributed by atoms with Gasteiger partial charge in [0.25, 0.3) is 0 Å². The van der Waals surface area contributed by atoms with Gasteiger partial charge in [-0.15, -0.1) is 0 Å². The molecule has 0 aromatic carbocycles. The van der Waals surface area contributed by atoms with Crippen LogP contribution >= 0.6 is 0 Å². The third kappa shape index (κ3) is 5.83. The van der Waals surface area contributed by atoms with Crippen LogP contribution in [0, 0.1) is 0 Å². The minimum atomic E-state index is 0.676. The van der Waals surface area contributed by atoms with Crippen LogP contribution in [0.25, 0.3) is 0 Å². The van der Waals surface area contributed by atoms with Crippen LogP contribution in [0.5, 0.6) is 0 Å². The van der Waals surface area contributed by atoms with Crippen LogP contribution in [0.2, 0.25) is 0 Å². The van der Waals surface area contributed by atoms with Gasteiger partial charge in [-0.1, -0.05) is 6.92 Å². The van der Waals surface area contributed by atoms with Crippen molar-refractivity contribution >= 4 is 0 Å². The van der Waals surface area contributed by atoms with Gasteiger partial charge in [-0.05, 0) is 59.4 Å². The highest BCUT2D eigenvalue weighted by Gasteiger charge is 2.11. The number of nitrogens with zero attached hydrogens (tertiary/aromatic N) is 2. The van der Waals surface area contributed by atoms with Crippen LogP contribution in [0.4, 0.5) is 0 Å². The Morgan fingerprint density at radius 3 is 2.75 bits per heavy atom. The highest BCUT2D eigenvalue weighted by molar-refractivity contribution is 4.68. The number of hydrogen-bond acceptors (Lipinski definition) is 3. The summed E-state index contributed by atoms with van der Waals surface area (Å²) in [5.41, 5.74) is 0. The summed E-state index contributed by atoms with van der Waals surface area (Å²) in [4.78, 5) is 5.05. The van der Waals surface area contributed by atoms with Crippen molar-refractivity contribution in [3.63, 3.8) is 0 Å². The van der Waals surface area contributed by atoms with E-state index in [9.17, 15) is 0 Å². The lowest BCUT2D eigenvalue weighted by Crippen LogP contribution is -2.33. The van der Waals surface area contributed by atoms with Crippen LogP contribution in [-0.2, 0) is 0 Å². The second-order valence-electron chi connectivity index (χ2n) is 5.12. The van der Waals surface area contributed by atoms with Gasteiger partial charge < -0.3 is 15.1 Å². The molecular weight excluding hydrogens is 198 g/mol. The maximum Gasteiger partial charge on any atom is 0.0109 e. The standard InChI is InChI=1S/C13H29N3/c1-4-13(2)14-7-5-9-16-10-6-8-15(3)11-12-16/h13-14H,4-12H2,1-3H3. The van der Waals surface area contributed by atoms with Gasteiger partial charge in [0, 0.05) is 19.1 Å². The van der Waals surface area contributed by atoms with Gasteiger partial charge in [0.1, 0.15) is 0 Å². The summed E-state index contributed by atoms with van der Waals surface area (Å²) in [6.45, 7) is 12.0. The summed E-state index contributed by atoms with van der Waals surface area (Å²) >= 11 is 0. The average Bonchev–Trinajstić information content (AvgIpc) is 2.49. The van der Waals surface area contributed by atoms with Crippen LogP contribution in [-0.4, -0.2) is 62.2 Å². The van der Waals surface area contributed by atoms with Crippen LogP contribution < -0.4 is 5.32 Å². The fourth-order valence-corrected chi connectivity index (χ4v) is 2.12. The van der Waals surface area contributed by atoms with Crippen molar-refractivity contribution in [2.75, 3.05) is 46.3 Å². The van der Waals surface area contributed by atoms with Gasteiger partial charge in [-0.3, -0.25) is 0 Å². The SMILES string of the molecule is CCC(C)NCCCN1CCCN(C)CC1. The first-order valence-electron chi connectivity index (χ1n) is 6.86. The molecular formula is C13H29N3. The molecule has 0 radical (unpaired) electrons. The first-order chi connectivity index (χ1) is 7.72. The van der Waals surface area contributed by atoms with Crippen molar-refractivity contribution in [1.29, 1.82) is 0 Å². The van der Waals surface area contributed by atoms with Gasteiger partial charge >= 0.3 is 0 Å². The zero-order valence-electron chi connectivity index (χ0n) is 11.3. The van der Waals surface area contributed by atoms with Gasteiger partial charge in [0.05, 0.1) is 0 Å². The van der Waals surface area contributed by atoms with E-state index < -0.39 is 0 Å². The van der Waals surface area contributed by atoms with Crippen molar-refractivity contribution in [3.8, 4) is 0 Å². The summed E-state index contributed by atoms with van der Waals surface area (Å²) < 4.78 is 0. The predicted octanol–water partition coefficient (Wildman–Crippen LogP) is 1.40. The molecule has 0 aliphatic carbocycles. The first-order valence-corrected chi connectivity index (χ1v) is 6.86. The van der Waals surface area contributed by atoms with Crippen molar-refractivity contribution in [2.24, 2.45) is 0 Å². The quantitative estimate of drug-likeness (QED) is 0.692. The molecule has 1 heterocycles. The molecule has 0 saturated carbocycles. The third-order valence-corrected chi connectivity index (χ3v) is 3.57. The summed E-state index contributed by atoms with van der Waals surface area (Å²) in [5, 5.41) is 3.56. The van der Waals surface area contributed by atoms with Crippen molar-refractivity contribution in [2.45, 2.75) is 39.2 Å². The maximum atomic E-state index is 3.56. The Labute approximate surface area is 101 Å². The van der Waals surface area contributed by atoms with E-state index in [1.54, 1.807) is 0 Å². The average molecular weight is 227 g/mol. The van der Waals surface area contributed by atoms with E-state index in [1.807, 2.05) is 0 Å². The molecule has 1 aliphatic rings. The van der Waals surface area contributed by atoms with E-state index in [0.717, 1.165) is 0 Å². The number of rotatable bonds is 6. The molecule has 0 bridgehead atoms. The summed E-state index contributed by atoms with van der Waals surface area (Å²) in [5.74, 6) is 0. The molecule has 0 spiro atoms. The molecule has 1 saturated heterocycles. The normalized spacial score (nSPS) is 21.9. The fourth-order valence-electron chi connectivity index (χ4n) is 2.12. The van der Waals surface area contributed by atoms with Crippen molar-refractivity contribution in [3.05, 3.63) is 0 Å². The molecule has 3 nitrogen and oxygen atoms in total. The third-order valence-electron chi connectivity index (χ3n) is 3.57. The van der Waals surface area contributed by atoms with E-state index >= 15 is 0 Å². The molecule has 0 amide bonds. The van der Waals surface area contributed by atoms with E-state index in [4.69, 9.17) is 0 Å². The summed E-state index contributed by atoms with van der Waals surface area (Å²) in [6.07, 6.45) is 3.85. The summed E-state index contributed by atoms with van der Waals surface area (Å²) in [7, 11) is 2.23. The second kappa shape index (κ2) is 8.04. The molecule has 3 heteroatoms. The zero-order chi connectivity index (χ0) is 11.8. The van der Waals surface area contributed by atoms with E-state index in [2.05, 4.69) is 36.0 Å².